The predicted octanol–water partition coefficient (Wildman–Crippen LogP) is 3.40. The van der Waals surface area contributed by atoms with Gasteiger partial charge in [0.1, 0.15) is 5.82 Å². The second-order valence-electron chi connectivity index (χ2n) is 4.58. The van der Waals surface area contributed by atoms with E-state index in [0.29, 0.717) is 21.5 Å². The van der Waals surface area contributed by atoms with E-state index in [9.17, 15) is 8.42 Å². The maximum atomic E-state index is 11.9. The van der Waals surface area contributed by atoms with Gasteiger partial charge in [0.05, 0.1) is 21.9 Å². The minimum atomic E-state index is -3.41. The Morgan fingerprint density at radius 2 is 2.09 bits per heavy atom. The Morgan fingerprint density at radius 3 is 2.82 bits per heavy atom. The molecule has 0 fully saturated rings. The first-order valence-corrected chi connectivity index (χ1v) is 9.14. The number of para-hydroxylation sites is 1. The zero-order valence-corrected chi connectivity index (χ0v) is 14.4. The minimum Gasteiger partial charge on any atom is -0.337 e. The summed E-state index contributed by atoms with van der Waals surface area (Å²) in [5.74, 6) is 0.453. The van der Waals surface area contributed by atoms with E-state index in [1.54, 1.807) is 12.1 Å². The number of nitrogens with zero attached hydrogens (tertiary/aromatic N) is 3. The average Bonchev–Trinajstić information content (AvgIpc) is 2.88. The summed E-state index contributed by atoms with van der Waals surface area (Å²) in [6.45, 7) is 0. The van der Waals surface area contributed by atoms with Crippen LogP contribution in [0.5, 0.6) is 0 Å². The molecule has 0 amide bonds. The van der Waals surface area contributed by atoms with Crippen LogP contribution >= 0.6 is 27.5 Å². The van der Waals surface area contributed by atoms with Crippen LogP contribution in [0.4, 0.5) is 11.5 Å². The van der Waals surface area contributed by atoms with Gasteiger partial charge in [0.15, 0.2) is 0 Å². The number of halogens is 2. The summed E-state index contributed by atoms with van der Waals surface area (Å²) >= 11 is 9.13. The van der Waals surface area contributed by atoms with E-state index in [4.69, 9.17) is 11.6 Å². The Bertz CT molecular complexity index is 971. The molecule has 0 saturated heterocycles. The Hall–Kier alpha value is -1.64. The maximum Gasteiger partial charge on any atom is 0.236 e. The molecule has 0 radical (unpaired) electrons. The quantitative estimate of drug-likeness (QED) is 0.681. The molecule has 114 valence electrons. The Morgan fingerprint density at radius 1 is 1.32 bits per heavy atom. The molecule has 0 aliphatic rings. The molecule has 2 aromatic heterocycles. The lowest BCUT2D eigenvalue weighted by molar-refractivity contribution is 0.595. The maximum absolute atomic E-state index is 11.9. The van der Waals surface area contributed by atoms with Crippen LogP contribution in [-0.2, 0) is 10.0 Å². The molecule has 0 unspecified atom stereocenters. The molecule has 3 rings (SSSR count). The third-order valence-electron chi connectivity index (χ3n) is 3.00. The van der Waals surface area contributed by atoms with Gasteiger partial charge in [-0.3, -0.25) is 0 Å². The van der Waals surface area contributed by atoms with Gasteiger partial charge in [0, 0.05) is 17.8 Å². The number of hydrogen-bond donors (Lipinski definition) is 1. The Labute approximate surface area is 140 Å². The molecular formula is C13H10BrClN4O2S. The lowest BCUT2D eigenvalue weighted by Crippen LogP contribution is -2.09. The molecule has 0 saturated carbocycles. The summed E-state index contributed by atoms with van der Waals surface area (Å²) in [7, 11) is -3.41. The molecule has 22 heavy (non-hydrogen) atoms. The van der Waals surface area contributed by atoms with Crippen molar-refractivity contribution >= 4 is 60.0 Å². The third kappa shape index (κ3) is 2.81. The number of nitrogens with one attached hydrogen (secondary N) is 1. The van der Waals surface area contributed by atoms with E-state index < -0.39 is 10.0 Å². The minimum absolute atomic E-state index is 0.0939. The van der Waals surface area contributed by atoms with Crippen molar-refractivity contribution < 1.29 is 8.42 Å². The molecule has 1 N–H and O–H groups in total. The Balaban J connectivity index is 2.19. The zero-order chi connectivity index (χ0) is 15.9. The van der Waals surface area contributed by atoms with Gasteiger partial charge in [-0.15, -0.1) is 0 Å². The van der Waals surface area contributed by atoms with Gasteiger partial charge < -0.3 is 5.32 Å². The van der Waals surface area contributed by atoms with Crippen molar-refractivity contribution in [3.63, 3.8) is 0 Å². The molecule has 0 aliphatic heterocycles. The van der Waals surface area contributed by atoms with Gasteiger partial charge in [-0.25, -0.2) is 17.4 Å². The van der Waals surface area contributed by atoms with Crippen molar-refractivity contribution in [3.05, 3.63) is 46.4 Å². The van der Waals surface area contributed by atoms with Crippen LogP contribution in [0.25, 0.3) is 10.9 Å². The SMILES string of the molecule is CS(=O)(=O)n1ccc2cccc(Nc3nc(Cl)ncc3Br)c21. The highest BCUT2D eigenvalue weighted by Crippen LogP contribution is 2.30. The van der Waals surface area contributed by atoms with Crippen molar-refractivity contribution in [2.45, 2.75) is 0 Å². The van der Waals surface area contributed by atoms with Crippen LogP contribution < -0.4 is 5.32 Å². The lowest BCUT2D eigenvalue weighted by Gasteiger charge is -2.11. The van der Waals surface area contributed by atoms with Crippen LogP contribution in [0.3, 0.4) is 0 Å². The van der Waals surface area contributed by atoms with Gasteiger partial charge in [-0.1, -0.05) is 12.1 Å². The molecule has 2 heterocycles. The van der Waals surface area contributed by atoms with Gasteiger partial charge in [0.2, 0.25) is 15.3 Å². The molecule has 0 atom stereocenters. The summed E-state index contributed by atoms with van der Waals surface area (Å²) in [6, 6.07) is 7.17. The second kappa shape index (κ2) is 5.53. The number of benzene rings is 1. The van der Waals surface area contributed by atoms with Crippen LogP contribution in [0, 0.1) is 0 Å². The molecule has 0 aliphatic carbocycles. The standard InChI is InChI=1S/C13H10BrClN4O2S/c1-22(20,21)19-6-5-8-3-2-4-10(11(8)19)17-12-9(14)7-16-13(15)18-12/h2-7H,1H3,(H,16,17,18). The molecule has 0 spiro atoms. The summed E-state index contributed by atoms with van der Waals surface area (Å²) in [5, 5.41) is 3.98. The van der Waals surface area contributed by atoms with Gasteiger partial charge in [-0.05, 0) is 39.7 Å². The number of hydrogen-bond acceptors (Lipinski definition) is 5. The summed E-state index contributed by atoms with van der Waals surface area (Å²) in [4.78, 5) is 7.95. The fraction of sp³-hybridized carbons (Fsp3) is 0.0769. The highest BCUT2D eigenvalue weighted by molar-refractivity contribution is 9.10. The number of fused-ring (bicyclic) bond motifs is 1. The van der Waals surface area contributed by atoms with E-state index in [1.807, 2.05) is 12.1 Å². The highest BCUT2D eigenvalue weighted by atomic mass is 79.9. The molecule has 0 bridgehead atoms. The van der Waals surface area contributed by atoms with E-state index >= 15 is 0 Å². The van der Waals surface area contributed by atoms with Crippen LogP contribution in [0.15, 0.2) is 41.1 Å². The van der Waals surface area contributed by atoms with Gasteiger partial charge in [-0.2, -0.15) is 4.98 Å². The molecule has 6 nitrogen and oxygen atoms in total. The van der Waals surface area contributed by atoms with E-state index in [0.717, 1.165) is 11.6 Å². The number of rotatable bonds is 3. The fourth-order valence-electron chi connectivity index (χ4n) is 2.10. The lowest BCUT2D eigenvalue weighted by atomic mass is 10.2. The summed E-state index contributed by atoms with van der Waals surface area (Å²) in [5.41, 5.74) is 1.15. The normalized spacial score (nSPS) is 11.8. The predicted molar refractivity (Wildman–Crippen MR) is 90.2 cm³/mol. The first-order valence-electron chi connectivity index (χ1n) is 6.12. The molecule has 1 aromatic carbocycles. The van der Waals surface area contributed by atoms with Crippen molar-refractivity contribution in [2.24, 2.45) is 0 Å². The van der Waals surface area contributed by atoms with E-state index in [2.05, 4.69) is 31.2 Å². The smallest absolute Gasteiger partial charge is 0.236 e. The van der Waals surface area contributed by atoms with Crippen LogP contribution in [0.2, 0.25) is 5.28 Å². The fourth-order valence-corrected chi connectivity index (χ4v) is 3.34. The van der Waals surface area contributed by atoms with E-state index in [-0.39, 0.29) is 5.28 Å². The summed E-state index contributed by atoms with van der Waals surface area (Å²) in [6.07, 6.45) is 4.20. The number of aromatic nitrogens is 3. The first-order chi connectivity index (χ1) is 10.4. The van der Waals surface area contributed by atoms with Crippen LogP contribution in [-0.4, -0.2) is 28.6 Å². The average molecular weight is 402 g/mol. The third-order valence-corrected chi connectivity index (χ3v) is 4.78. The monoisotopic (exact) mass is 400 g/mol. The number of anilines is 2. The Kier molecular flexibility index (Phi) is 3.84. The van der Waals surface area contributed by atoms with Gasteiger partial charge >= 0.3 is 0 Å². The molecule has 9 heteroatoms. The highest BCUT2D eigenvalue weighted by Gasteiger charge is 2.14. The molecule has 3 aromatic rings. The van der Waals surface area contributed by atoms with Crippen LogP contribution in [0.1, 0.15) is 0 Å². The van der Waals surface area contributed by atoms with E-state index in [1.165, 1.54) is 16.4 Å². The van der Waals surface area contributed by atoms with Crippen molar-refractivity contribution in [1.29, 1.82) is 0 Å². The second-order valence-corrected chi connectivity index (χ2v) is 7.63. The first kappa shape index (κ1) is 15.3. The topological polar surface area (TPSA) is 76.9 Å². The zero-order valence-electron chi connectivity index (χ0n) is 11.3. The van der Waals surface area contributed by atoms with Crippen molar-refractivity contribution in [2.75, 3.05) is 11.6 Å². The van der Waals surface area contributed by atoms with Crippen molar-refractivity contribution in [1.82, 2.24) is 13.9 Å². The largest absolute Gasteiger partial charge is 0.337 e. The van der Waals surface area contributed by atoms with Gasteiger partial charge in [0.25, 0.3) is 0 Å². The molecular weight excluding hydrogens is 392 g/mol. The summed E-state index contributed by atoms with van der Waals surface area (Å²) < 4.78 is 25.7. The van der Waals surface area contributed by atoms with Crippen molar-refractivity contribution in [3.8, 4) is 0 Å².